The fourth-order valence-corrected chi connectivity index (χ4v) is 2.65. The van der Waals surface area contributed by atoms with Crippen LogP contribution >= 0.6 is 11.6 Å². The Morgan fingerprint density at radius 3 is 2.92 bits per heavy atom. The molecule has 9 nitrogen and oxygen atoms in total. The number of hydrogen-bond acceptors (Lipinski definition) is 7. The number of anilines is 3. The number of carbonyl (C=O) groups is 1. The molecule has 0 radical (unpaired) electrons. The monoisotopic (exact) mass is 348 g/mol. The molecule has 1 aliphatic rings. The fraction of sp³-hybridized carbons (Fsp3) is 0.214. The second kappa shape index (κ2) is 6.28. The molecule has 10 heteroatoms. The highest BCUT2D eigenvalue weighted by molar-refractivity contribution is 6.31. The van der Waals surface area contributed by atoms with Crippen molar-refractivity contribution in [2.75, 3.05) is 22.5 Å². The quantitative estimate of drug-likeness (QED) is 0.637. The van der Waals surface area contributed by atoms with Crippen molar-refractivity contribution in [1.29, 1.82) is 0 Å². The smallest absolute Gasteiger partial charge is 0.329 e. The molecule has 3 N–H and O–H groups in total. The average Bonchev–Trinajstić information content (AvgIpc) is 2.88. The standard InChI is InChI=1S/C14H13ClN6O3/c15-8-2-1-3-9(6-8)20-5-4-10(13(20)22)18-14-17-7-11(21(23)24)12(16)19-14/h1-3,6-7,10H,4-5H2,(H3,16,17,18,19). The van der Waals surface area contributed by atoms with Gasteiger partial charge in [0.2, 0.25) is 17.7 Å². The fourth-order valence-electron chi connectivity index (χ4n) is 2.47. The van der Waals surface area contributed by atoms with Crippen LogP contribution in [0.15, 0.2) is 30.5 Å². The molecule has 3 rings (SSSR count). The van der Waals surface area contributed by atoms with E-state index in [1.54, 1.807) is 29.2 Å². The van der Waals surface area contributed by atoms with Gasteiger partial charge < -0.3 is 16.0 Å². The van der Waals surface area contributed by atoms with Crippen LogP contribution in [0.5, 0.6) is 0 Å². The Morgan fingerprint density at radius 2 is 2.25 bits per heavy atom. The molecule has 2 aromatic rings. The molecule has 0 saturated carbocycles. The summed E-state index contributed by atoms with van der Waals surface area (Å²) in [5.41, 5.74) is 5.86. The van der Waals surface area contributed by atoms with Gasteiger partial charge in [0.25, 0.3) is 0 Å². The summed E-state index contributed by atoms with van der Waals surface area (Å²) in [5, 5.41) is 14.1. The van der Waals surface area contributed by atoms with Crippen molar-refractivity contribution >= 4 is 40.6 Å². The Morgan fingerprint density at radius 1 is 1.46 bits per heavy atom. The van der Waals surface area contributed by atoms with E-state index in [9.17, 15) is 14.9 Å². The molecular weight excluding hydrogens is 336 g/mol. The molecule has 1 amide bonds. The number of hydrogen-bond donors (Lipinski definition) is 2. The van der Waals surface area contributed by atoms with Crippen LogP contribution in [-0.2, 0) is 4.79 Å². The molecule has 1 aromatic carbocycles. The van der Waals surface area contributed by atoms with Gasteiger partial charge in [0.1, 0.15) is 12.2 Å². The number of halogens is 1. The first-order valence-electron chi connectivity index (χ1n) is 7.06. The molecule has 1 atom stereocenters. The molecule has 1 fully saturated rings. The topological polar surface area (TPSA) is 127 Å². The highest BCUT2D eigenvalue weighted by Gasteiger charge is 2.33. The molecule has 1 saturated heterocycles. The van der Waals surface area contributed by atoms with Crippen LogP contribution in [0.3, 0.4) is 0 Å². The Bertz CT molecular complexity index is 815. The van der Waals surface area contributed by atoms with Crippen molar-refractivity contribution < 1.29 is 9.72 Å². The zero-order valence-corrected chi connectivity index (χ0v) is 13.1. The van der Waals surface area contributed by atoms with E-state index in [4.69, 9.17) is 17.3 Å². The Balaban J connectivity index is 1.74. The van der Waals surface area contributed by atoms with Gasteiger partial charge in [-0.25, -0.2) is 4.98 Å². The summed E-state index contributed by atoms with van der Waals surface area (Å²) in [6.07, 6.45) is 1.55. The van der Waals surface area contributed by atoms with Crippen LogP contribution < -0.4 is 16.0 Å². The third kappa shape index (κ3) is 3.06. The summed E-state index contributed by atoms with van der Waals surface area (Å²) in [7, 11) is 0. The van der Waals surface area contributed by atoms with Crippen LogP contribution in [0.2, 0.25) is 5.02 Å². The van der Waals surface area contributed by atoms with Crippen molar-refractivity contribution in [3.63, 3.8) is 0 Å². The lowest BCUT2D eigenvalue weighted by molar-refractivity contribution is -0.384. The summed E-state index contributed by atoms with van der Waals surface area (Å²) in [5.74, 6) is -0.336. The minimum absolute atomic E-state index is 0.0735. The molecule has 0 bridgehead atoms. The first-order chi connectivity index (χ1) is 11.5. The normalized spacial score (nSPS) is 17.1. The second-order valence-corrected chi connectivity index (χ2v) is 5.61. The zero-order chi connectivity index (χ0) is 17.3. The SMILES string of the molecule is Nc1nc(NC2CCN(c3cccc(Cl)c3)C2=O)ncc1[N+](=O)[O-]. The van der Waals surface area contributed by atoms with Crippen LogP contribution in [0.25, 0.3) is 0 Å². The van der Waals surface area contributed by atoms with E-state index >= 15 is 0 Å². The number of nitrogens with one attached hydrogen (secondary N) is 1. The zero-order valence-electron chi connectivity index (χ0n) is 12.3. The summed E-state index contributed by atoms with van der Waals surface area (Å²) < 4.78 is 0. The number of rotatable bonds is 4. The molecule has 2 heterocycles. The van der Waals surface area contributed by atoms with Gasteiger partial charge in [-0.2, -0.15) is 4.98 Å². The van der Waals surface area contributed by atoms with Gasteiger partial charge in [-0.1, -0.05) is 17.7 Å². The Labute approximate surface area is 141 Å². The highest BCUT2D eigenvalue weighted by Crippen LogP contribution is 2.26. The predicted octanol–water partition coefficient (Wildman–Crippen LogP) is 1.84. The van der Waals surface area contributed by atoms with E-state index < -0.39 is 11.0 Å². The van der Waals surface area contributed by atoms with Gasteiger partial charge in [0.15, 0.2) is 0 Å². The van der Waals surface area contributed by atoms with Crippen LogP contribution in [-0.4, -0.2) is 33.4 Å². The van der Waals surface area contributed by atoms with E-state index in [2.05, 4.69) is 15.3 Å². The minimum atomic E-state index is -0.666. The van der Waals surface area contributed by atoms with E-state index in [0.717, 1.165) is 6.20 Å². The molecule has 24 heavy (non-hydrogen) atoms. The number of benzene rings is 1. The average molecular weight is 349 g/mol. The lowest BCUT2D eigenvalue weighted by atomic mass is 10.2. The van der Waals surface area contributed by atoms with E-state index in [1.165, 1.54) is 0 Å². The first-order valence-corrected chi connectivity index (χ1v) is 7.44. The van der Waals surface area contributed by atoms with Crippen molar-refractivity contribution in [2.24, 2.45) is 0 Å². The van der Waals surface area contributed by atoms with E-state index in [1.807, 2.05) is 0 Å². The van der Waals surface area contributed by atoms with Crippen molar-refractivity contribution in [3.05, 3.63) is 45.6 Å². The van der Waals surface area contributed by atoms with Gasteiger partial charge in [-0.15, -0.1) is 0 Å². The second-order valence-electron chi connectivity index (χ2n) is 5.18. The van der Waals surface area contributed by atoms with Gasteiger partial charge in [0, 0.05) is 17.3 Å². The predicted molar refractivity (Wildman–Crippen MR) is 88.9 cm³/mol. The molecule has 1 unspecified atom stereocenters. The molecule has 0 aliphatic carbocycles. The van der Waals surface area contributed by atoms with Gasteiger partial charge in [0.05, 0.1) is 4.92 Å². The molecule has 1 aromatic heterocycles. The molecular formula is C14H13ClN6O3. The Kier molecular flexibility index (Phi) is 4.17. The lowest BCUT2D eigenvalue weighted by Crippen LogP contribution is -2.34. The molecule has 0 spiro atoms. The van der Waals surface area contributed by atoms with Gasteiger partial charge in [-0.05, 0) is 24.6 Å². The third-order valence-corrected chi connectivity index (χ3v) is 3.86. The van der Waals surface area contributed by atoms with Gasteiger partial charge >= 0.3 is 5.69 Å². The van der Waals surface area contributed by atoms with Crippen LogP contribution in [0.4, 0.5) is 23.1 Å². The minimum Gasteiger partial charge on any atom is -0.378 e. The number of carbonyl (C=O) groups excluding carboxylic acids is 1. The number of aromatic nitrogens is 2. The maximum Gasteiger partial charge on any atom is 0.329 e. The van der Waals surface area contributed by atoms with E-state index in [0.29, 0.717) is 23.7 Å². The van der Waals surface area contributed by atoms with Crippen molar-refractivity contribution in [1.82, 2.24) is 9.97 Å². The maximum atomic E-state index is 12.5. The molecule has 1 aliphatic heterocycles. The summed E-state index contributed by atoms with van der Waals surface area (Å²) in [6.45, 7) is 0.513. The number of nitrogens with zero attached hydrogens (tertiary/aromatic N) is 4. The third-order valence-electron chi connectivity index (χ3n) is 3.62. The van der Waals surface area contributed by atoms with Crippen LogP contribution in [0, 0.1) is 10.1 Å². The number of nitro groups is 1. The number of amides is 1. The summed E-state index contributed by atoms with van der Waals surface area (Å²) in [6, 6.07) is 6.47. The van der Waals surface area contributed by atoms with Gasteiger partial charge in [-0.3, -0.25) is 14.9 Å². The largest absolute Gasteiger partial charge is 0.378 e. The Hall–Kier alpha value is -2.94. The summed E-state index contributed by atoms with van der Waals surface area (Å²) in [4.78, 5) is 31.8. The maximum absolute atomic E-state index is 12.5. The van der Waals surface area contributed by atoms with E-state index in [-0.39, 0.29) is 23.4 Å². The number of nitrogens with two attached hydrogens (primary N) is 1. The van der Waals surface area contributed by atoms with Crippen molar-refractivity contribution in [2.45, 2.75) is 12.5 Å². The van der Waals surface area contributed by atoms with Crippen molar-refractivity contribution in [3.8, 4) is 0 Å². The van der Waals surface area contributed by atoms with Crippen LogP contribution in [0.1, 0.15) is 6.42 Å². The number of nitrogen functional groups attached to an aromatic ring is 1. The lowest BCUT2D eigenvalue weighted by Gasteiger charge is -2.17. The summed E-state index contributed by atoms with van der Waals surface area (Å²) >= 11 is 5.95. The highest BCUT2D eigenvalue weighted by atomic mass is 35.5. The first kappa shape index (κ1) is 15.9. The molecule has 124 valence electrons.